The molecule has 5 heteroatoms. The van der Waals surface area contributed by atoms with Crippen molar-refractivity contribution in [3.05, 3.63) is 259 Å². The maximum atomic E-state index is 5.49. The maximum absolute atomic E-state index is 5.49. The van der Waals surface area contributed by atoms with E-state index in [-0.39, 0.29) is 0 Å². The molecule has 13 aromatic rings. The van der Waals surface area contributed by atoms with Gasteiger partial charge in [0.1, 0.15) is 0 Å². The van der Waals surface area contributed by atoms with E-state index in [0.29, 0.717) is 17.5 Å². The zero-order valence-corrected chi connectivity index (χ0v) is 38.8. The molecule has 0 radical (unpaired) electrons. The predicted octanol–water partition coefficient (Wildman–Crippen LogP) is 17.3. The first-order chi connectivity index (χ1) is 34.2. The van der Waals surface area contributed by atoms with Crippen molar-refractivity contribution in [1.29, 1.82) is 0 Å². The van der Waals surface area contributed by atoms with Crippen LogP contribution in [-0.4, -0.2) is 15.0 Å². The summed E-state index contributed by atoms with van der Waals surface area (Å²) in [5.41, 5.74) is 14.3. The van der Waals surface area contributed by atoms with Gasteiger partial charge < -0.3 is 0 Å². The molecule has 10 aromatic carbocycles. The lowest BCUT2D eigenvalue weighted by Crippen LogP contribution is -2.28. The first-order valence-electron chi connectivity index (χ1n) is 23.3. The number of hydrogen-bond donors (Lipinski definition) is 0. The fourth-order valence-electron chi connectivity index (χ4n) is 11.0. The van der Waals surface area contributed by atoms with Crippen LogP contribution in [0.5, 0.6) is 0 Å². The Morgan fingerprint density at radius 3 is 1.45 bits per heavy atom. The highest BCUT2D eigenvalue weighted by atomic mass is 32.1. The molecule has 0 unspecified atom stereocenters. The lowest BCUT2D eigenvalue weighted by molar-refractivity contribution is 0.768. The number of fused-ring (bicyclic) bond motifs is 9. The quantitative estimate of drug-likeness (QED) is 0.160. The van der Waals surface area contributed by atoms with Crippen LogP contribution in [0.15, 0.2) is 237 Å². The zero-order valence-electron chi connectivity index (χ0n) is 37.2. The van der Waals surface area contributed by atoms with Crippen LogP contribution in [0.2, 0.25) is 0 Å². The van der Waals surface area contributed by atoms with Crippen molar-refractivity contribution in [2.75, 3.05) is 0 Å². The number of rotatable bonds is 7. The summed E-state index contributed by atoms with van der Waals surface area (Å²) in [6.07, 6.45) is 0. The van der Waals surface area contributed by atoms with Gasteiger partial charge in [0.05, 0.1) is 5.41 Å². The Morgan fingerprint density at radius 1 is 0.290 bits per heavy atom. The summed E-state index contributed by atoms with van der Waals surface area (Å²) in [6, 6.07) is 85.6. The maximum Gasteiger partial charge on any atom is 0.165 e. The van der Waals surface area contributed by atoms with Crippen molar-refractivity contribution in [2.45, 2.75) is 5.41 Å². The van der Waals surface area contributed by atoms with Crippen LogP contribution in [0.25, 0.3) is 108 Å². The molecule has 14 rings (SSSR count). The second kappa shape index (κ2) is 15.9. The molecule has 3 nitrogen and oxygen atoms in total. The monoisotopic (exact) mass is 913 g/mol. The van der Waals surface area contributed by atoms with Crippen LogP contribution < -0.4 is 0 Å². The van der Waals surface area contributed by atoms with E-state index >= 15 is 0 Å². The molecule has 0 bridgehead atoms. The SMILES string of the molecule is c1ccc(C2(c3ccccc3)c3ccccc3-c3c(-c4nc(-c5ccc(-c6cccc(-c7cccc8c7sc7ccccc78)c6)cc5)nc(-c5cccc6c5sc5ccccc56)n4)cccc32)cc1. The number of hydrogen-bond acceptors (Lipinski definition) is 5. The van der Waals surface area contributed by atoms with E-state index in [4.69, 9.17) is 15.0 Å². The number of aromatic nitrogens is 3. The van der Waals surface area contributed by atoms with E-state index in [1.807, 2.05) is 11.3 Å². The normalized spacial score (nSPS) is 12.8. The van der Waals surface area contributed by atoms with Gasteiger partial charge in [-0.2, -0.15) is 0 Å². The van der Waals surface area contributed by atoms with Gasteiger partial charge in [-0.25, -0.2) is 15.0 Å². The molecule has 0 atom stereocenters. The molecule has 1 aliphatic rings. The third-order valence-electron chi connectivity index (χ3n) is 14.1. The third-order valence-corrected chi connectivity index (χ3v) is 16.5. The largest absolute Gasteiger partial charge is 0.208 e. The van der Waals surface area contributed by atoms with E-state index in [9.17, 15) is 0 Å². The van der Waals surface area contributed by atoms with Crippen LogP contribution >= 0.6 is 22.7 Å². The standard InChI is InChI=1S/C64H39N3S2/c1-3-19-44(20-4-1)64(45-21-5-2-6-22-45)54-31-10-7-25-51(54)58-52(29-16-32-55(58)64)62-65-61(66-63(67-62)53-30-15-28-50-48-24-9-12-34-57(48)69-60(50)53)41-37-35-40(36-38-41)42-17-13-18-43(39-42)46-26-14-27-49-47-23-8-11-33-56(47)68-59(46)49/h1-39H. The molecule has 0 amide bonds. The minimum absolute atomic E-state index is 0.552. The average molecular weight is 914 g/mol. The van der Waals surface area contributed by atoms with Gasteiger partial charge in [-0.05, 0) is 79.9 Å². The molecule has 0 saturated carbocycles. The highest BCUT2D eigenvalue weighted by Gasteiger charge is 2.47. The molecule has 3 heterocycles. The van der Waals surface area contributed by atoms with Gasteiger partial charge in [-0.1, -0.05) is 212 Å². The van der Waals surface area contributed by atoms with Gasteiger partial charge in [0.2, 0.25) is 0 Å². The van der Waals surface area contributed by atoms with Crippen LogP contribution in [0.3, 0.4) is 0 Å². The topological polar surface area (TPSA) is 38.7 Å². The summed E-state index contributed by atoms with van der Waals surface area (Å²) >= 11 is 3.66. The van der Waals surface area contributed by atoms with E-state index in [1.54, 1.807) is 11.3 Å². The van der Waals surface area contributed by atoms with Crippen LogP contribution in [0, 0.1) is 0 Å². The molecular formula is C64H39N3S2. The minimum Gasteiger partial charge on any atom is -0.208 e. The lowest BCUT2D eigenvalue weighted by atomic mass is 9.67. The number of nitrogens with zero attached hydrogens (tertiary/aromatic N) is 3. The Balaban J connectivity index is 0.944. The van der Waals surface area contributed by atoms with Crippen molar-refractivity contribution in [3.8, 4) is 67.5 Å². The van der Waals surface area contributed by atoms with Crippen molar-refractivity contribution in [3.63, 3.8) is 0 Å². The van der Waals surface area contributed by atoms with Crippen LogP contribution in [-0.2, 0) is 5.41 Å². The average Bonchev–Trinajstić information content (AvgIpc) is 4.10. The predicted molar refractivity (Wildman–Crippen MR) is 290 cm³/mol. The Kier molecular flexibility index (Phi) is 9.16. The van der Waals surface area contributed by atoms with E-state index in [1.165, 1.54) is 79.3 Å². The Labute approximate surface area is 407 Å². The molecule has 0 aliphatic heterocycles. The highest BCUT2D eigenvalue weighted by molar-refractivity contribution is 7.26. The first-order valence-corrected chi connectivity index (χ1v) is 25.0. The lowest BCUT2D eigenvalue weighted by Gasteiger charge is -2.33. The first kappa shape index (κ1) is 39.8. The second-order valence-corrected chi connectivity index (χ2v) is 19.9. The van der Waals surface area contributed by atoms with Crippen molar-refractivity contribution < 1.29 is 0 Å². The molecule has 3 aromatic heterocycles. The van der Waals surface area contributed by atoms with Gasteiger partial charge in [-0.15, -0.1) is 22.7 Å². The molecule has 0 spiro atoms. The summed E-state index contributed by atoms with van der Waals surface area (Å²) in [6.45, 7) is 0. The van der Waals surface area contributed by atoms with E-state index < -0.39 is 5.41 Å². The fourth-order valence-corrected chi connectivity index (χ4v) is 13.5. The van der Waals surface area contributed by atoms with Gasteiger partial charge in [0.15, 0.2) is 17.5 Å². The molecule has 0 saturated heterocycles. The van der Waals surface area contributed by atoms with Gasteiger partial charge in [0, 0.05) is 57.0 Å². The van der Waals surface area contributed by atoms with Crippen LogP contribution in [0.4, 0.5) is 0 Å². The molecule has 322 valence electrons. The molecule has 0 fully saturated rings. The Morgan fingerprint density at radius 2 is 0.754 bits per heavy atom. The van der Waals surface area contributed by atoms with E-state index in [0.717, 1.165) is 33.4 Å². The minimum atomic E-state index is -0.552. The van der Waals surface area contributed by atoms with Gasteiger partial charge >= 0.3 is 0 Å². The molecule has 1 aliphatic carbocycles. The van der Waals surface area contributed by atoms with Gasteiger partial charge in [0.25, 0.3) is 0 Å². The van der Waals surface area contributed by atoms with E-state index in [2.05, 4.69) is 237 Å². The van der Waals surface area contributed by atoms with Crippen LogP contribution in [0.1, 0.15) is 22.3 Å². The Hall–Kier alpha value is -8.35. The van der Waals surface area contributed by atoms with Crippen molar-refractivity contribution in [2.24, 2.45) is 0 Å². The summed E-state index contributed by atoms with van der Waals surface area (Å²) in [5.74, 6) is 1.93. The zero-order chi connectivity index (χ0) is 45.5. The number of benzene rings is 10. The van der Waals surface area contributed by atoms with Gasteiger partial charge in [-0.3, -0.25) is 0 Å². The third kappa shape index (κ3) is 6.21. The fraction of sp³-hybridized carbons (Fsp3) is 0.0156. The summed E-state index contributed by atoms with van der Waals surface area (Å²) in [4.78, 5) is 16.3. The summed E-state index contributed by atoms with van der Waals surface area (Å²) < 4.78 is 5.03. The van der Waals surface area contributed by atoms with Crippen molar-refractivity contribution in [1.82, 2.24) is 15.0 Å². The molecular weight excluding hydrogens is 875 g/mol. The number of thiophene rings is 2. The summed E-state index contributed by atoms with van der Waals surface area (Å²) in [7, 11) is 0. The second-order valence-electron chi connectivity index (χ2n) is 17.8. The Bertz CT molecular complexity index is 4090. The summed E-state index contributed by atoms with van der Waals surface area (Å²) in [5, 5.41) is 5.06. The molecule has 0 N–H and O–H groups in total. The molecule has 69 heavy (non-hydrogen) atoms. The van der Waals surface area contributed by atoms with Crippen molar-refractivity contribution >= 4 is 63.0 Å². The highest BCUT2D eigenvalue weighted by Crippen LogP contribution is 2.58. The smallest absolute Gasteiger partial charge is 0.165 e.